The predicted molar refractivity (Wildman–Crippen MR) is 73.6 cm³/mol. The molecule has 0 amide bonds. The third-order valence-electron chi connectivity index (χ3n) is 2.79. The number of nitrogens with zero attached hydrogens (tertiary/aromatic N) is 3. The summed E-state index contributed by atoms with van der Waals surface area (Å²) in [7, 11) is 1.54. The third-order valence-corrected chi connectivity index (χ3v) is 2.79. The molecule has 0 unspecified atom stereocenters. The summed E-state index contributed by atoms with van der Waals surface area (Å²) in [6.45, 7) is 1.99. The molecular formula is C14H15N3O3. The first-order valence-corrected chi connectivity index (χ1v) is 6.17. The molecule has 0 fully saturated rings. The quantitative estimate of drug-likeness (QED) is 0.764. The predicted octanol–water partition coefficient (Wildman–Crippen LogP) is 1.15. The molecule has 0 aliphatic heterocycles. The molecule has 6 nitrogen and oxygen atoms in total. The van der Waals surface area contributed by atoms with Gasteiger partial charge in [0, 0.05) is 13.3 Å². The number of Topliss-reactive ketones (excluding diaryl/α,β-unsaturated/α-hetero) is 1. The van der Waals surface area contributed by atoms with Gasteiger partial charge in [-0.2, -0.15) is 5.10 Å². The van der Waals surface area contributed by atoms with E-state index in [0.29, 0.717) is 18.0 Å². The van der Waals surface area contributed by atoms with Crippen LogP contribution in [-0.4, -0.2) is 34.3 Å². The van der Waals surface area contributed by atoms with Gasteiger partial charge in [-0.3, -0.25) is 14.6 Å². The zero-order chi connectivity index (χ0) is 14.5. The average Bonchev–Trinajstić information content (AvgIpc) is 2.46. The molecule has 6 heteroatoms. The Bertz CT molecular complexity index is 665. The summed E-state index contributed by atoms with van der Waals surface area (Å²) in [4.78, 5) is 27.9. The van der Waals surface area contributed by atoms with Crippen molar-refractivity contribution in [1.82, 2.24) is 14.8 Å². The van der Waals surface area contributed by atoms with Crippen LogP contribution in [0, 0.1) is 0 Å². The topological polar surface area (TPSA) is 74.1 Å². The van der Waals surface area contributed by atoms with Gasteiger partial charge < -0.3 is 4.74 Å². The summed E-state index contributed by atoms with van der Waals surface area (Å²) in [6, 6.07) is 6.87. The number of hydrogen-bond donors (Lipinski definition) is 0. The van der Waals surface area contributed by atoms with Gasteiger partial charge in [-0.25, -0.2) is 4.68 Å². The summed E-state index contributed by atoms with van der Waals surface area (Å²) < 4.78 is 6.19. The largest absolute Gasteiger partial charge is 0.383 e. The third kappa shape index (κ3) is 2.97. The number of aromatic nitrogens is 3. The molecule has 0 saturated carbocycles. The van der Waals surface area contributed by atoms with Crippen molar-refractivity contribution in [2.45, 2.75) is 13.5 Å². The number of ether oxygens (including phenoxy) is 1. The van der Waals surface area contributed by atoms with Gasteiger partial charge >= 0.3 is 0 Å². The highest BCUT2D eigenvalue weighted by atomic mass is 16.5. The Labute approximate surface area is 116 Å². The first-order chi connectivity index (χ1) is 9.63. The van der Waals surface area contributed by atoms with E-state index in [1.54, 1.807) is 25.4 Å². The van der Waals surface area contributed by atoms with Gasteiger partial charge in [0.25, 0.3) is 5.56 Å². The molecule has 0 aromatic carbocycles. The highest BCUT2D eigenvalue weighted by Gasteiger charge is 2.13. The molecular weight excluding hydrogens is 258 g/mol. The van der Waals surface area contributed by atoms with Gasteiger partial charge in [-0.15, -0.1) is 0 Å². The number of rotatable bonds is 5. The maximum absolute atomic E-state index is 12.1. The lowest BCUT2D eigenvalue weighted by Gasteiger charge is -2.08. The van der Waals surface area contributed by atoms with E-state index in [1.165, 1.54) is 17.7 Å². The van der Waals surface area contributed by atoms with Crippen LogP contribution in [0.4, 0.5) is 0 Å². The van der Waals surface area contributed by atoms with Crippen molar-refractivity contribution in [3.05, 3.63) is 46.4 Å². The van der Waals surface area contributed by atoms with E-state index in [9.17, 15) is 9.59 Å². The van der Waals surface area contributed by atoms with E-state index in [0.717, 1.165) is 0 Å². The fourth-order valence-electron chi connectivity index (χ4n) is 1.76. The van der Waals surface area contributed by atoms with E-state index in [1.807, 2.05) is 6.07 Å². The second-order valence-electron chi connectivity index (χ2n) is 4.24. The van der Waals surface area contributed by atoms with Crippen LogP contribution in [-0.2, 0) is 11.3 Å². The Hall–Kier alpha value is -2.34. The molecule has 0 saturated heterocycles. The summed E-state index contributed by atoms with van der Waals surface area (Å²) in [5, 5.41) is 4.23. The Morgan fingerprint density at radius 3 is 2.75 bits per heavy atom. The van der Waals surface area contributed by atoms with E-state index >= 15 is 0 Å². The fraction of sp³-hybridized carbons (Fsp3) is 0.286. The Morgan fingerprint density at radius 2 is 2.15 bits per heavy atom. The van der Waals surface area contributed by atoms with Gasteiger partial charge in [0.05, 0.1) is 24.4 Å². The minimum atomic E-state index is -0.408. The summed E-state index contributed by atoms with van der Waals surface area (Å²) in [5.74, 6) is -0.291. The highest BCUT2D eigenvalue weighted by molar-refractivity contribution is 5.94. The van der Waals surface area contributed by atoms with E-state index in [-0.39, 0.29) is 17.9 Å². The molecule has 2 aromatic heterocycles. The standard InChI is InChI=1S/C14H15N3O3/c1-10(18)11-9-13(12-5-3-4-6-15-12)16-17(14(11)19)7-8-20-2/h3-6,9H,7-8H2,1-2H3. The molecule has 2 rings (SSSR count). The summed E-state index contributed by atoms with van der Waals surface area (Å²) >= 11 is 0. The van der Waals surface area contributed by atoms with Crippen molar-refractivity contribution in [3.8, 4) is 11.4 Å². The normalized spacial score (nSPS) is 10.5. The van der Waals surface area contributed by atoms with Crippen LogP contribution in [0.25, 0.3) is 11.4 Å². The second-order valence-corrected chi connectivity index (χ2v) is 4.24. The molecule has 0 N–H and O–H groups in total. The SMILES string of the molecule is COCCn1nc(-c2ccccn2)cc(C(C)=O)c1=O. The monoisotopic (exact) mass is 273 g/mol. The number of carbonyl (C=O) groups excluding carboxylic acids is 1. The van der Waals surface area contributed by atoms with Crippen LogP contribution >= 0.6 is 0 Å². The molecule has 0 aliphatic carbocycles. The lowest BCUT2D eigenvalue weighted by Crippen LogP contribution is -2.29. The number of ketones is 1. The van der Waals surface area contributed by atoms with Gasteiger partial charge in [0.1, 0.15) is 5.69 Å². The van der Waals surface area contributed by atoms with Crippen molar-refractivity contribution in [2.75, 3.05) is 13.7 Å². The van der Waals surface area contributed by atoms with Crippen molar-refractivity contribution >= 4 is 5.78 Å². The minimum absolute atomic E-state index is 0.108. The lowest BCUT2D eigenvalue weighted by atomic mass is 10.1. The Kier molecular flexibility index (Phi) is 4.37. The molecule has 2 aromatic rings. The first-order valence-electron chi connectivity index (χ1n) is 6.17. The van der Waals surface area contributed by atoms with Crippen molar-refractivity contribution in [2.24, 2.45) is 0 Å². The van der Waals surface area contributed by atoms with E-state index in [2.05, 4.69) is 10.1 Å². The molecule has 0 atom stereocenters. The van der Waals surface area contributed by atoms with Crippen molar-refractivity contribution < 1.29 is 9.53 Å². The zero-order valence-corrected chi connectivity index (χ0v) is 11.4. The number of carbonyl (C=O) groups is 1. The molecule has 104 valence electrons. The Morgan fingerprint density at radius 1 is 1.35 bits per heavy atom. The number of methoxy groups -OCH3 is 1. The van der Waals surface area contributed by atoms with Gasteiger partial charge in [-0.1, -0.05) is 6.07 Å². The summed E-state index contributed by atoms with van der Waals surface area (Å²) in [5.41, 5.74) is 0.804. The van der Waals surface area contributed by atoms with Crippen LogP contribution in [0.5, 0.6) is 0 Å². The van der Waals surface area contributed by atoms with Crippen LogP contribution in [0.3, 0.4) is 0 Å². The number of hydrogen-bond acceptors (Lipinski definition) is 5. The van der Waals surface area contributed by atoms with E-state index in [4.69, 9.17) is 4.74 Å². The average molecular weight is 273 g/mol. The molecule has 0 bridgehead atoms. The molecule has 0 spiro atoms. The first kappa shape index (κ1) is 14.1. The van der Waals surface area contributed by atoms with E-state index < -0.39 is 5.56 Å². The molecule has 20 heavy (non-hydrogen) atoms. The van der Waals surface area contributed by atoms with Crippen LogP contribution < -0.4 is 5.56 Å². The van der Waals surface area contributed by atoms with Crippen LogP contribution in [0.1, 0.15) is 17.3 Å². The zero-order valence-electron chi connectivity index (χ0n) is 11.4. The molecule has 0 aliphatic rings. The highest BCUT2D eigenvalue weighted by Crippen LogP contribution is 2.13. The van der Waals surface area contributed by atoms with Crippen molar-refractivity contribution in [1.29, 1.82) is 0 Å². The molecule has 0 radical (unpaired) electrons. The second kappa shape index (κ2) is 6.21. The number of pyridine rings is 1. The van der Waals surface area contributed by atoms with Crippen LogP contribution in [0.2, 0.25) is 0 Å². The Balaban J connectivity index is 2.56. The van der Waals surface area contributed by atoms with Gasteiger partial charge in [-0.05, 0) is 25.1 Å². The maximum Gasteiger partial charge on any atom is 0.277 e. The van der Waals surface area contributed by atoms with Crippen molar-refractivity contribution in [3.63, 3.8) is 0 Å². The van der Waals surface area contributed by atoms with Gasteiger partial charge in [0.15, 0.2) is 5.78 Å². The lowest BCUT2D eigenvalue weighted by molar-refractivity contribution is 0.101. The smallest absolute Gasteiger partial charge is 0.277 e. The maximum atomic E-state index is 12.1. The van der Waals surface area contributed by atoms with Crippen LogP contribution in [0.15, 0.2) is 35.3 Å². The minimum Gasteiger partial charge on any atom is -0.383 e. The van der Waals surface area contributed by atoms with Gasteiger partial charge in [0.2, 0.25) is 0 Å². The summed E-state index contributed by atoms with van der Waals surface area (Å²) in [6.07, 6.45) is 1.63. The fourth-order valence-corrected chi connectivity index (χ4v) is 1.76. The molecule has 2 heterocycles.